The Bertz CT molecular complexity index is 293. The number of halogens is 2. The van der Waals surface area contributed by atoms with Crippen LogP contribution in [0.2, 0.25) is 0 Å². The first-order valence-corrected chi connectivity index (χ1v) is 4.53. The van der Waals surface area contributed by atoms with Gasteiger partial charge in [0.05, 0.1) is 0 Å². The molecule has 2 nitrogen and oxygen atoms in total. The lowest BCUT2D eigenvalue weighted by Crippen LogP contribution is -2.00. The van der Waals surface area contributed by atoms with Crippen molar-refractivity contribution < 1.29 is 9.53 Å². The fraction of sp³-hybridized carbons (Fsp3) is 0.222. The fourth-order valence-corrected chi connectivity index (χ4v) is 1.14. The van der Waals surface area contributed by atoms with E-state index in [1.54, 1.807) is 24.3 Å². The van der Waals surface area contributed by atoms with Crippen LogP contribution < -0.4 is 4.74 Å². The van der Waals surface area contributed by atoms with Gasteiger partial charge in [-0.3, -0.25) is 4.79 Å². The van der Waals surface area contributed by atoms with E-state index >= 15 is 0 Å². The number of rotatable bonds is 2. The first-order chi connectivity index (χ1) is 6.09. The van der Waals surface area contributed by atoms with Crippen molar-refractivity contribution in [2.24, 2.45) is 0 Å². The van der Waals surface area contributed by atoms with Crippen LogP contribution >= 0.6 is 23.2 Å². The number of hydrogen-bond donors (Lipinski definition) is 0. The van der Waals surface area contributed by atoms with Crippen LogP contribution in [0.3, 0.4) is 0 Å². The van der Waals surface area contributed by atoms with Gasteiger partial charge in [0.1, 0.15) is 10.6 Å². The molecule has 0 unspecified atom stereocenters. The molecule has 4 heteroatoms. The normalized spacial score (nSPS) is 10.2. The molecular formula is C9H8Cl2O2. The fourth-order valence-electron chi connectivity index (χ4n) is 0.847. The molecule has 0 saturated heterocycles. The third-order valence-electron chi connectivity index (χ3n) is 1.39. The second-order valence-corrected chi connectivity index (χ2v) is 3.56. The minimum absolute atomic E-state index is 0.346. The number of carbonyl (C=O) groups excluding carboxylic acids is 1. The zero-order chi connectivity index (χ0) is 9.84. The monoisotopic (exact) mass is 218 g/mol. The molecular weight excluding hydrogens is 211 g/mol. The average Bonchev–Trinajstić information content (AvgIpc) is 2.04. The Balaban J connectivity index is 2.75. The van der Waals surface area contributed by atoms with Crippen LogP contribution in [0.5, 0.6) is 5.75 Å². The highest BCUT2D eigenvalue weighted by molar-refractivity contribution is 6.44. The molecule has 0 spiro atoms. The van der Waals surface area contributed by atoms with E-state index in [4.69, 9.17) is 27.9 Å². The van der Waals surface area contributed by atoms with Gasteiger partial charge in [-0.15, -0.1) is 23.2 Å². The van der Waals surface area contributed by atoms with Gasteiger partial charge < -0.3 is 4.74 Å². The third-order valence-corrected chi connectivity index (χ3v) is 1.90. The van der Waals surface area contributed by atoms with Gasteiger partial charge in [0, 0.05) is 6.92 Å². The van der Waals surface area contributed by atoms with Crippen molar-refractivity contribution in [3.05, 3.63) is 29.8 Å². The molecule has 0 atom stereocenters. The molecule has 0 heterocycles. The summed E-state index contributed by atoms with van der Waals surface area (Å²) < 4.78 is 4.82. The Morgan fingerprint density at radius 2 is 1.85 bits per heavy atom. The second-order valence-electron chi connectivity index (χ2n) is 2.46. The predicted octanol–water partition coefficient (Wildman–Crippen LogP) is 3.09. The molecule has 0 radical (unpaired) electrons. The van der Waals surface area contributed by atoms with Crippen LogP contribution in [0.15, 0.2) is 24.3 Å². The maximum atomic E-state index is 10.6. The van der Waals surface area contributed by atoms with Gasteiger partial charge in [0.15, 0.2) is 0 Å². The van der Waals surface area contributed by atoms with Gasteiger partial charge >= 0.3 is 5.97 Å². The van der Waals surface area contributed by atoms with E-state index in [-0.39, 0.29) is 5.97 Å². The van der Waals surface area contributed by atoms with Crippen molar-refractivity contribution in [2.45, 2.75) is 11.8 Å². The molecule has 1 aromatic rings. The minimum Gasteiger partial charge on any atom is -0.427 e. The number of esters is 1. The van der Waals surface area contributed by atoms with Gasteiger partial charge in [-0.25, -0.2) is 0 Å². The average molecular weight is 219 g/mol. The topological polar surface area (TPSA) is 26.3 Å². The summed E-state index contributed by atoms with van der Waals surface area (Å²) in [6.45, 7) is 1.35. The third kappa shape index (κ3) is 3.25. The summed E-state index contributed by atoms with van der Waals surface area (Å²) in [5, 5.41) is 0. The van der Waals surface area contributed by atoms with E-state index in [0.29, 0.717) is 5.75 Å². The van der Waals surface area contributed by atoms with E-state index in [9.17, 15) is 4.79 Å². The molecule has 0 saturated carbocycles. The second kappa shape index (κ2) is 4.49. The van der Waals surface area contributed by atoms with E-state index in [1.807, 2.05) is 0 Å². The molecule has 70 valence electrons. The number of ether oxygens (including phenoxy) is 1. The summed E-state index contributed by atoms with van der Waals surface area (Å²) in [5.41, 5.74) is 0.777. The van der Waals surface area contributed by atoms with Gasteiger partial charge in [-0.2, -0.15) is 0 Å². The van der Waals surface area contributed by atoms with Gasteiger partial charge in [0.25, 0.3) is 0 Å². The summed E-state index contributed by atoms with van der Waals surface area (Å²) in [5.74, 6) is 0.145. The van der Waals surface area contributed by atoms with Crippen LogP contribution in [0.1, 0.15) is 17.3 Å². The standard InChI is InChI=1S/C9H8Cl2O2/c1-6(12)13-8-4-2-7(3-5-8)9(10)11/h2-5,9H,1H3. The Kier molecular flexibility index (Phi) is 3.58. The van der Waals surface area contributed by atoms with Crippen LogP contribution in [0.4, 0.5) is 0 Å². The lowest BCUT2D eigenvalue weighted by molar-refractivity contribution is -0.131. The van der Waals surface area contributed by atoms with Crippen molar-refractivity contribution in [3.63, 3.8) is 0 Å². The summed E-state index contributed by atoms with van der Waals surface area (Å²) in [4.78, 5) is 10.0. The number of carbonyl (C=O) groups is 1. The van der Waals surface area contributed by atoms with Crippen LogP contribution in [0, 0.1) is 0 Å². The first kappa shape index (κ1) is 10.4. The van der Waals surface area contributed by atoms with E-state index in [2.05, 4.69) is 0 Å². The Morgan fingerprint density at radius 3 is 2.23 bits per heavy atom. The highest BCUT2D eigenvalue weighted by Gasteiger charge is 2.03. The number of hydrogen-bond acceptors (Lipinski definition) is 2. The molecule has 0 amide bonds. The summed E-state index contributed by atoms with van der Waals surface area (Å²) >= 11 is 11.2. The summed E-state index contributed by atoms with van der Waals surface area (Å²) in [6, 6.07) is 6.72. The SMILES string of the molecule is CC(=O)Oc1ccc(C(Cl)Cl)cc1. The van der Waals surface area contributed by atoms with E-state index in [0.717, 1.165) is 5.56 Å². The van der Waals surface area contributed by atoms with Crippen molar-refractivity contribution in [3.8, 4) is 5.75 Å². The van der Waals surface area contributed by atoms with Gasteiger partial charge in [0.2, 0.25) is 0 Å². The maximum Gasteiger partial charge on any atom is 0.308 e. The maximum absolute atomic E-state index is 10.6. The Morgan fingerprint density at radius 1 is 1.31 bits per heavy atom. The van der Waals surface area contributed by atoms with Crippen molar-refractivity contribution in [1.29, 1.82) is 0 Å². The molecule has 0 aliphatic carbocycles. The lowest BCUT2D eigenvalue weighted by Gasteiger charge is -2.03. The summed E-state index contributed by atoms with van der Waals surface area (Å²) in [7, 11) is 0. The minimum atomic E-state index is -0.550. The molecule has 0 bridgehead atoms. The molecule has 13 heavy (non-hydrogen) atoms. The number of benzene rings is 1. The molecule has 0 aromatic heterocycles. The Hall–Kier alpha value is -0.730. The highest BCUT2D eigenvalue weighted by atomic mass is 35.5. The molecule has 0 N–H and O–H groups in total. The molecule has 1 aromatic carbocycles. The van der Waals surface area contributed by atoms with Gasteiger partial charge in [-0.1, -0.05) is 12.1 Å². The first-order valence-electron chi connectivity index (χ1n) is 3.66. The van der Waals surface area contributed by atoms with Crippen molar-refractivity contribution in [2.75, 3.05) is 0 Å². The highest BCUT2D eigenvalue weighted by Crippen LogP contribution is 2.26. The summed E-state index contributed by atoms with van der Waals surface area (Å²) in [6.07, 6.45) is 0. The molecule has 0 aliphatic heterocycles. The van der Waals surface area contributed by atoms with Crippen molar-refractivity contribution >= 4 is 29.2 Å². The smallest absolute Gasteiger partial charge is 0.308 e. The predicted molar refractivity (Wildman–Crippen MR) is 52.2 cm³/mol. The lowest BCUT2D eigenvalue weighted by atomic mass is 10.2. The molecule has 0 fully saturated rings. The van der Waals surface area contributed by atoms with E-state index < -0.39 is 4.84 Å². The van der Waals surface area contributed by atoms with Gasteiger partial charge in [-0.05, 0) is 17.7 Å². The largest absolute Gasteiger partial charge is 0.427 e. The molecule has 0 aliphatic rings. The zero-order valence-corrected chi connectivity index (χ0v) is 8.47. The van der Waals surface area contributed by atoms with Crippen LogP contribution in [-0.2, 0) is 4.79 Å². The quantitative estimate of drug-likeness (QED) is 0.434. The Labute approximate surface area is 86.4 Å². The van der Waals surface area contributed by atoms with E-state index in [1.165, 1.54) is 6.92 Å². The van der Waals surface area contributed by atoms with Crippen LogP contribution in [-0.4, -0.2) is 5.97 Å². The van der Waals surface area contributed by atoms with Crippen molar-refractivity contribution in [1.82, 2.24) is 0 Å². The zero-order valence-electron chi connectivity index (χ0n) is 6.96. The number of alkyl halides is 2. The molecule has 1 rings (SSSR count). The van der Waals surface area contributed by atoms with Crippen LogP contribution in [0.25, 0.3) is 0 Å².